The van der Waals surface area contributed by atoms with Gasteiger partial charge in [-0.3, -0.25) is 14.7 Å². The maximum atomic E-state index is 12.6. The number of anilines is 1. The molecule has 0 radical (unpaired) electrons. The SMILES string of the molecule is Cc1nc(C(=O)N[C@H](C(=O)Nc2ccn[nH]2)c2ccccc2)cs1. The Kier molecular flexibility index (Phi) is 4.66. The number of carbonyl (C=O) groups excluding carboxylic acids is 2. The Morgan fingerprint density at radius 2 is 2.00 bits per heavy atom. The summed E-state index contributed by atoms with van der Waals surface area (Å²) in [6, 6.07) is 9.82. The van der Waals surface area contributed by atoms with Crippen molar-refractivity contribution in [2.75, 3.05) is 5.32 Å². The lowest BCUT2D eigenvalue weighted by molar-refractivity contribution is -0.118. The number of aryl methyl sites for hydroxylation is 1. The third-order valence-electron chi connectivity index (χ3n) is 3.28. The van der Waals surface area contributed by atoms with E-state index in [4.69, 9.17) is 0 Å². The second-order valence-electron chi connectivity index (χ2n) is 5.03. The fourth-order valence-electron chi connectivity index (χ4n) is 2.15. The van der Waals surface area contributed by atoms with Gasteiger partial charge in [-0.15, -0.1) is 11.3 Å². The summed E-state index contributed by atoms with van der Waals surface area (Å²) in [5, 5.41) is 14.3. The van der Waals surface area contributed by atoms with Crippen molar-refractivity contribution in [1.29, 1.82) is 0 Å². The van der Waals surface area contributed by atoms with Gasteiger partial charge < -0.3 is 10.6 Å². The first-order valence-corrected chi connectivity index (χ1v) is 8.09. The number of rotatable bonds is 5. The number of benzene rings is 1. The summed E-state index contributed by atoms with van der Waals surface area (Å²) in [5.74, 6) is -0.307. The molecular formula is C16H15N5O2S. The second-order valence-corrected chi connectivity index (χ2v) is 6.09. The molecule has 8 heteroatoms. The van der Waals surface area contributed by atoms with Gasteiger partial charge in [-0.05, 0) is 12.5 Å². The van der Waals surface area contributed by atoms with Gasteiger partial charge in [-0.2, -0.15) is 5.10 Å². The number of amides is 2. The largest absolute Gasteiger partial charge is 0.335 e. The van der Waals surface area contributed by atoms with Gasteiger partial charge in [0, 0.05) is 11.4 Å². The zero-order chi connectivity index (χ0) is 16.9. The summed E-state index contributed by atoms with van der Waals surface area (Å²) in [6.07, 6.45) is 1.53. The quantitative estimate of drug-likeness (QED) is 0.663. The first kappa shape index (κ1) is 15.9. The van der Waals surface area contributed by atoms with Crippen molar-refractivity contribution in [3.63, 3.8) is 0 Å². The van der Waals surface area contributed by atoms with E-state index >= 15 is 0 Å². The first-order chi connectivity index (χ1) is 11.6. The number of nitrogens with zero attached hydrogens (tertiary/aromatic N) is 2. The van der Waals surface area contributed by atoms with Crippen LogP contribution in [0.25, 0.3) is 0 Å². The van der Waals surface area contributed by atoms with Gasteiger partial charge in [-0.25, -0.2) is 4.98 Å². The van der Waals surface area contributed by atoms with Gasteiger partial charge in [0.05, 0.1) is 11.2 Å². The average molecular weight is 341 g/mol. The van der Waals surface area contributed by atoms with E-state index in [1.807, 2.05) is 25.1 Å². The number of hydrogen-bond donors (Lipinski definition) is 3. The Hall–Kier alpha value is -3.00. The summed E-state index contributed by atoms with van der Waals surface area (Å²) in [6.45, 7) is 1.82. The first-order valence-electron chi connectivity index (χ1n) is 7.21. The normalized spacial score (nSPS) is 11.7. The predicted molar refractivity (Wildman–Crippen MR) is 90.7 cm³/mol. The molecule has 0 unspecified atom stereocenters. The third-order valence-corrected chi connectivity index (χ3v) is 4.05. The maximum absolute atomic E-state index is 12.6. The molecule has 3 aromatic rings. The van der Waals surface area contributed by atoms with Crippen molar-refractivity contribution in [3.8, 4) is 0 Å². The minimum Gasteiger partial charge on any atom is -0.335 e. The van der Waals surface area contributed by atoms with Crippen LogP contribution in [-0.2, 0) is 4.79 Å². The molecule has 3 N–H and O–H groups in total. The van der Waals surface area contributed by atoms with Crippen molar-refractivity contribution in [2.45, 2.75) is 13.0 Å². The molecule has 0 bridgehead atoms. The number of aromatic amines is 1. The minimum absolute atomic E-state index is 0.299. The van der Waals surface area contributed by atoms with Gasteiger partial charge in [0.25, 0.3) is 11.8 Å². The fourth-order valence-corrected chi connectivity index (χ4v) is 2.74. The number of hydrogen-bond acceptors (Lipinski definition) is 5. The molecule has 122 valence electrons. The molecule has 1 aromatic carbocycles. The lowest BCUT2D eigenvalue weighted by Gasteiger charge is -2.17. The molecule has 0 aliphatic heterocycles. The van der Waals surface area contributed by atoms with Crippen molar-refractivity contribution in [3.05, 3.63) is 64.2 Å². The Balaban J connectivity index is 1.82. The highest BCUT2D eigenvalue weighted by Crippen LogP contribution is 2.17. The smallest absolute Gasteiger partial charge is 0.271 e. The summed E-state index contributed by atoms with van der Waals surface area (Å²) in [5.41, 5.74) is 0.975. The number of thiazole rings is 1. The molecule has 2 heterocycles. The monoisotopic (exact) mass is 341 g/mol. The molecule has 2 aromatic heterocycles. The Bertz CT molecular complexity index is 829. The van der Waals surface area contributed by atoms with Crippen LogP contribution in [-0.4, -0.2) is 27.0 Å². The highest BCUT2D eigenvalue weighted by atomic mass is 32.1. The van der Waals surface area contributed by atoms with Gasteiger partial charge in [0.1, 0.15) is 17.6 Å². The number of nitrogens with one attached hydrogen (secondary N) is 3. The van der Waals surface area contributed by atoms with E-state index in [1.165, 1.54) is 17.5 Å². The predicted octanol–water partition coefficient (Wildman–Crippen LogP) is 2.28. The van der Waals surface area contributed by atoms with E-state index < -0.39 is 11.9 Å². The van der Waals surface area contributed by atoms with Crippen LogP contribution in [0.1, 0.15) is 27.1 Å². The lowest BCUT2D eigenvalue weighted by atomic mass is 10.1. The topological polar surface area (TPSA) is 99.8 Å². The standard InChI is InChI=1S/C16H15N5O2S/c1-10-18-12(9-24-10)15(22)20-14(11-5-3-2-4-6-11)16(23)19-13-7-8-17-21-13/h2-9,14H,1H3,(H,20,22)(H2,17,19,21,23)/t14-/m0/s1. The van der Waals surface area contributed by atoms with Crippen LogP contribution < -0.4 is 10.6 Å². The third kappa shape index (κ3) is 3.66. The lowest BCUT2D eigenvalue weighted by Crippen LogP contribution is -2.37. The molecule has 0 aliphatic rings. The molecule has 0 fully saturated rings. The molecule has 0 saturated carbocycles. The minimum atomic E-state index is -0.844. The van der Waals surface area contributed by atoms with E-state index in [9.17, 15) is 9.59 Å². The van der Waals surface area contributed by atoms with E-state index in [-0.39, 0.29) is 5.91 Å². The average Bonchev–Trinajstić information content (AvgIpc) is 3.24. The van der Waals surface area contributed by atoms with Crippen molar-refractivity contribution in [2.24, 2.45) is 0 Å². The number of carbonyl (C=O) groups is 2. The second kappa shape index (κ2) is 7.05. The Labute approximate surface area is 142 Å². The summed E-state index contributed by atoms with van der Waals surface area (Å²) < 4.78 is 0. The van der Waals surface area contributed by atoms with Crippen LogP contribution in [0, 0.1) is 6.92 Å². The maximum Gasteiger partial charge on any atom is 0.271 e. The zero-order valence-electron chi connectivity index (χ0n) is 12.8. The van der Waals surface area contributed by atoms with Crippen LogP contribution in [0.15, 0.2) is 48.0 Å². The molecule has 0 spiro atoms. The fraction of sp³-hybridized carbons (Fsp3) is 0.125. The van der Waals surface area contributed by atoms with Gasteiger partial charge >= 0.3 is 0 Å². The zero-order valence-corrected chi connectivity index (χ0v) is 13.6. The molecule has 3 rings (SSSR count). The van der Waals surface area contributed by atoms with E-state index in [0.29, 0.717) is 17.1 Å². The molecule has 0 saturated heterocycles. The molecular weight excluding hydrogens is 326 g/mol. The van der Waals surface area contributed by atoms with Crippen LogP contribution in [0.3, 0.4) is 0 Å². The molecule has 0 aliphatic carbocycles. The van der Waals surface area contributed by atoms with Crippen LogP contribution in [0.4, 0.5) is 5.82 Å². The van der Waals surface area contributed by atoms with Crippen LogP contribution in [0.5, 0.6) is 0 Å². The van der Waals surface area contributed by atoms with Crippen molar-refractivity contribution >= 4 is 29.0 Å². The van der Waals surface area contributed by atoms with Gasteiger partial charge in [0.15, 0.2) is 0 Å². The Morgan fingerprint density at radius 3 is 2.62 bits per heavy atom. The van der Waals surface area contributed by atoms with Crippen molar-refractivity contribution in [1.82, 2.24) is 20.5 Å². The molecule has 24 heavy (non-hydrogen) atoms. The van der Waals surface area contributed by atoms with Crippen LogP contribution >= 0.6 is 11.3 Å². The van der Waals surface area contributed by atoms with E-state index in [0.717, 1.165) is 5.01 Å². The highest BCUT2D eigenvalue weighted by molar-refractivity contribution is 7.09. The van der Waals surface area contributed by atoms with Gasteiger partial charge in [-0.1, -0.05) is 30.3 Å². The van der Waals surface area contributed by atoms with Crippen molar-refractivity contribution < 1.29 is 9.59 Å². The summed E-state index contributed by atoms with van der Waals surface area (Å²) in [4.78, 5) is 29.1. The molecule has 7 nitrogen and oxygen atoms in total. The van der Waals surface area contributed by atoms with Crippen LogP contribution in [0.2, 0.25) is 0 Å². The van der Waals surface area contributed by atoms with E-state index in [1.54, 1.807) is 23.6 Å². The molecule has 1 atom stereocenters. The highest BCUT2D eigenvalue weighted by Gasteiger charge is 2.24. The Morgan fingerprint density at radius 1 is 1.21 bits per heavy atom. The summed E-state index contributed by atoms with van der Waals surface area (Å²) in [7, 11) is 0. The number of aromatic nitrogens is 3. The molecule has 2 amide bonds. The van der Waals surface area contributed by atoms with E-state index in [2.05, 4.69) is 25.8 Å². The number of H-pyrrole nitrogens is 1. The summed E-state index contributed by atoms with van der Waals surface area (Å²) >= 11 is 1.38. The van der Waals surface area contributed by atoms with Gasteiger partial charge in [0.2, 0.25) is 0 Å².